The summed E-state index contributed by atoms with van der Waals surface area (Å²) in [4.78, 5) is 39.0. The van der Waals surface area contributed by atoms with Gasteiger partial charge < -0.3 is 29.5 Å². The first-order valence-electron chi connectivity index (χ1n) is 12.4. The number of nitrogens with zero attached hydrogens (tertiary/aromatic N) is 1. The number of alkyl halides is 2. The lowest BCUT2D eigenvalue weighted by Crippen LogP contribution is -2.68. The molecule has 212 valence electrons. The summed E-state index contributed by atoms with van der Waals surface area (Å²) in [5.41, 5.74) is 0.231. The summed E-state index contributed by atoms with van der Waals surface area (Å²) >= 11 is 0. The molecule has 0 bridgehead atoms. The Bertz CT molecular complexity index is 1210. The van der Waals surface area contributed by atoms with Crippen LogP contribution in [0.1, 0.15) is 59.8 Å². The van der Waals surface area contributed by atoms with E-state index in [1.165, 1.54) is 26.0 Å². The Labute approximate surface area is 226 Å². The molecular weight excluding hydrogens is 514 g/mol. The molecule has 11 heteroatoms. The maximum absolute atomic E-state index is 13.7. The molecule has 2 amide bonds. The zero-order valence-corrected chi connectivity index (χ0v) is 22.7. The molecule has 0 radical (unpaired) electrons. The fourth-order valence-corrected chi connectivity index (χ4v) is 4.90. The number of aliphatic carboxylic acids is 1. The Morgan fingerprint density at radius 2 is 1.77 bits per heavy atom. The highest BCUT2D eigenvalue weighted by atomic mass is 19.3. The zero-order chi connectivity index (χ0) is 29.0. The predicted octanol–water partition coefficient (Wildman–Crippen LogP) is 4.76. The van der Waals surface area contributed by atoms with E-state index in [0.717, 1.165) is 5.56 Å². The number of hydrogen-bond donors (Lipinski definition) is 2. The largest absolute Gasteiger partial charge is 0.496 e. The smallest absolute Gasteiger partial charge is 0.329 e. The Morgan fingerprint density at radius 1 is 1.13 bits per heavy atom. The number of carbonyl (C=O) groups excluding carboxylic acids is 2. The van der Waals surface area contributed by atoms with E-state index in [9.17, 15) is 28.3 Å². The van der Waals surface area contributed by atoms with Gasteiger partial charge in [-0.1, -0.05) is 30.3 Å². The van der Waals surface area contributed by atoms with Gasteiger partial charge >= 0.3 is 12.0 Å². The van der Waals surface area contributed by atoms with Crippen LogP contribution in [0.15, 0.2) is 36.4 Å². The minimum atomic E-state index is -3.18. The van der Waals surface area contributed by atoms with Gasteiger partial charge in [0.1, 0.15) is 17.1 Å². The number of carboxylic acids is 1. The molecule has 2 N–H and O–H groups in total. The fraction of sp³-hybridized carbons (Fsp3) is 0.464. The lowest BCUT2D eigenvalue weighted by Gasteiger charge is -2.45. The summed E-state index contributed by atoms with van der Waals surface area (Å²) in [5, 5.41) is 12.0. The topological polar surface area (TPSA) is 114 Å². The first-order valence-corrected chi connectivity index (χ1v) is 12.4. The highest BCUT2D eigenvalue weighted by Crippen LogP contribution is 2.46. The molecule has 0 spiro atoms. The first-order chi connectivity index (χ1) is 18.4. The first kappa shape index (κ1) is 29.8. The summed E-state index contributed by atoms with van der Waals surface area (Å²) in [6, 6.07) is 9.47. The predicted molar refractivity (Wildman–Crippen MR) is 139 cm³/mol. The van der Waals surface area contributed by atoms with Crippen LogP contribution >= 0.6 is 0 Å². The van der Waals surface area contributed by atoms with Crippen LogP contribution in [0.3, 0.4) is 0 Å². The second-order valence-corrected chi connectivity index (χ2v) is 9.69. The normalized spacial score (nSPS) is 16.0. The molecule has 1 atom stereocenters. The van der Waals surface area contributed by atoms with Crippen molar-refractivity contribution < 1.29 is 42.5 Å². The van der Waals surface area contributed by atoms with Gasteiger partial charge in [0.05, 0.1) is 33.5 Å². The molecule has 39 heavy (non-hydrogen) atoms. The molecule has 0 saturated heterocycles. The average Bonchev–Trinajstić information content (AvgIpc) is 2.87. The number of carbonyl (C=O) groups is 3. The maximum atomic E-state index is 13.7. The lowest BCUT2D eigenvalue weighted by atomic mass is 9.73. The number of halogens is 2. The number of ketones is 1. The molecule has 1 saturated carbocycles. The van der Waals surface area contributed by atoms with Crippen LogP contribution in [0, 0.1) is 6.92 Å². The molecule has 1 aliphatic rings. The van der Waals surface area contributed by atoms with Crippen LogP contribution in [0.25, 0.3) is 0 Å². The van der Waals surface area contributed by atoms with Crippen LogP contribution in [0.5, 0.6) is 11.5 Å². The summed E-state index contributed by atoms with van der Waals surface area (Å²) in [6.45, 7) is 5.20. The monoisotopic (exact) mass is 548 g/mol. The van der Waals surface area contributed by atoms with E-state index in [0.29, 0.717) is 11.1 Å². The molecular formula is C28H34F2N2O7. The molecule has 2 aromatic rings. The molecule has 1 aliphatic carbocycles. The molecule has 1 fully saturated rings. The summed E-state index contributed by atoms with van der Waals surface area (Å²) < 4.78 is 44.1. The van der Waals surface area contributed by atoms with E-state index in [-0.39, 0.29) is 42.6 Å². The summed E-state index contributed by atoms with van der Waals surface area (Å²) in [5.74, 6) is -4.46. The Hall–Kier alpha value is -3.73. The van der Waals surface area contributed by atoms with Crippen molar-refractivity contribution in [1.82, 2.24) is 10.2 Å². The highest BCUT2D eigenvalue weighted by Gasteiger charge is 2.62. The van der Waals surface area contributed by atoms with E-state index < -0.39 is 42.3 Å². The molecule has 2 aromatic carbocycles. The van der Waals surface area contributed by atoms with Crippen molar-refractivity contribution in [3.05, 3.63) is 58.7 Å². The third-order valence-electron chi connectivity index (χ3n) is 6.95. The van der Waals surface area contributed by atoms with E-state index in [1.807, 2.05) is 30.3 Å². The van der Waals surface area contributed by atoms with E-state index in [1.54, 1.807) is 19.9 Å². The van der Waals surface area contributed by atoms with Crippen LogP contribution in [-0.4, -0.2) is 66.6 Å². The van der Waals surface area contributed by atoms with Crippen molar-refractivity contribution in [1.29, 1.82) is 0 Å². The van der Waals surface area contributed by atoms with Gasteiger partial charge in [-0.15, -0.1) is 0 Å². The Morgan fingerprint density at radius 3 is 2.28 bits per heavy atom. The number of methoxy groups -OCH3 is 2. The Balaban J connectivity index is 1.92. The van der Waals surface area contributed by atoms with Gasteiger partial charge in [0.15, 0.2) is 11.3 Å². The maximum Gasteiger partial charge on any atom is 0.329 e. The minimum absolute atomic E-state index is 0.0183. The van der Waals surface area contributed by atoms with Crippen LogP contribution in [0.2, 0.25) is 0 Å². The van der Waals surface area contributed by atoms with E-state index in [2.05, 4.69) is 5.32 Å². The minimum Gasteiger partial charge on any atom is -0.496 e. The van der Waals surface area contributed by atoms with E-state index in [4.69, 9.17) is 14.2 Å². The SMILES string of the molecule is COc1cc(C(C)N(CCOCc2ccccc2)C(=O)NC2(C(=O)O)CC(F)(F)C2)c(C)c(OC)c1C(C)=O. The van der Waals surface area contributed by atoms with Crippen LogP contribution in [0.4, 0.5) is 13.6 Å². The number of Topliss-reactive ketones (excluding diaryl/α,β-unsaturated/α-hetero) is 1. The fourth-order valence-electron chi connectivity index (χ4n) is 4.90. The number of rotatable bonds is 12. The Kier molecular flexibility index (Phi) is 9.16. The van der Waals surface area contributed by atoms with Gasteiger partial charge in [-0.25, -0.2) is 18.4 Å². The molecule has 0 aromatic heterocycles. The number of urea groups is 1. The zero-order valence-electron chi connectivity index (χ0n) is 22.7. The average molecular weight is 549 g/mol. The number of ether oxygens (including phenoxy) is 3. The number of nitrogens with one attached hydrogen (secondary N) is 1. The molecule has 0 heterocycles. The van der Waals surface area contributed by atoms with E-state index >= 15 is 0 Å². The van der Waals surface area contributed by atoms with Crippen molar-refractivity contribution in [2.45, 2.75) is 57.7 Å². The molecule has 3 rings (SSSR count). The van der Waals surface area contributed by atoms with Gasteiger partial charge in [-0.3, -0.25) is 4.79 Å². The van der Waals surface area contributed by atoms with Crippen molar-refractivity contribution >= 4 is 17.8 Å². The molecule has 9 nitrogen and oxygen atoms in total. The summed E-state index contributed by atoms with van der Waals surface area (Å²) in [7, 11) is 2.82. The van der Waals surface area contributed by atoms with Gasteiger partial charge in [-0.2, -0.15) is 0 Å². The quantitative estimate of drug-likeness (QED) is 0.290. The molecule has 0 aliphatic heterocycles. The van der Waals surface area contributed by atoms with Crippen LogP contribution < -0.4 is 14.8 Å². The van der Waals surface area contributed by atoms with Crippen molar-refractivity contribution in [3.63, 3.8) is 0 Å². The van der Waals surface area contributed by atoms with Crippen molar-refractivity contribution in [2.75, 3.05) is 27.4 Å². The lowest BCUT2D eigenvalue weighted by molar-refractivity contribution is -0.175. The highest BCUT2D eigenvalue weighted by molar-refractivity contribution is 6.00. The number of benzene rings is 2. The van der Waals surface area contributed by atoms with Gasteiger partial charge in [-0.05, 0) is 43.5 Å². The molecule has 1 unspecified atom stereocenters. The second-order valence-electron chi connectivity index (χ2n) is 9.69. The standard InChI is InChI=1S/C28H34F2N2O7/c1-17-21(13-22(37-4)23(19(3)33)24(17)38-5)18(2)32(11-12-39-14-20-9-7-6-8-10-20)26(36)31-27(25(34)35)15-28(29,30)16-27/h6-10,13,18H,11-12,14-16H2,1-5H3,(H,31,36)(H,34,35). The number of amides is 2. The van der Waals surface area contributed by atoms with Gasteiger partial charge in [0.25, 0.3) is 5.92 Å². The second kappa shape index (κ2) is 12.0. The number of carboxylic acid groups (broad SMARTS) is 1. The van der Waals surface area contributed by atoms with Crippen molar-refractivity contribution in [3.8, 4) is 11.5 Å². The third kappa shape index (κ3) is 6.47. The van der Waals surface area contributed by atoms with Gasteiger partial charge in [0, 0.05) is 19.4 Å². The van der Waals surface area contributed by atoms with Crippen molar-refractivity contribution in [2.24, 2.45) is 0 Å². The van der Waals surface area contributed by atoms with Gasteiger partial charge in [0.2, 0.25) is 0 Å². The van der Waals surface area contributed by atoms with Crippen LogP contribution in [-0.2, 0) is 16.1 Å². The third-order valence-corrected chi connectivity index (χ3v) is 6.95. The number of hydrogen-bond acceptors (Lipinski definition) is 6. The summed E-state index contributed by atoms with van der Waals surface area (Å²) in [6.07, 6.45) is -2.00.